The van der Waals surface area contributed by atoms with Gasteiger partial charge in [-0.1, -0.05) is 6.07 Å². The molecule has 0 bridgehead atoms. The molecule has 0 amide bonds. The number of rotatable bonds is 7. The summed E-state index contributed by atoms with van der Waals surface area (Å²) in [5.74, 6) is 0.441. The fourth-order valence-corrected chi connectivity index (χ4v) is 4.72. The molecule has 0 aliphatic carbocycles. The largest absolute Gasteiger partial charge is 0.573 e. The molecule has 0 spiro atoms. The van der Waals surface area contributed by atoms with E-state index in [-0.39, 0.29) is 17.9 Å². The Balaban J connectivity index is 1.49. The first kappa shape index (κ1) is 22.4. The zero-order valence-corrected chi connectivity index (χ0v) is 18.7. The Hall–Kier alpha value is -3.38. The quantitative estimate of drug-likeness (QED) is 0.365. The Kier molecular flexibility index (Phi) is 6.00. The van der Waals surface area contributed by atoms with Crippen molar-refractivity contribution in [2.24, 2.45) is 5.92 Å². The number of fused-ring (bicyclic) bond motifs is 1. The lowest BCUT2D eigenvalue weighted by atomic mass is 10.1. The fourth-order valence-electron chi connectivity index (χ4n) is 4.00. The van der Waals surface area contributed by atoms with Crippen LogP contribution in [0.5, 0.6) is 5.75 Å². The summed E-state index contributed by atoms with van der Waals surface area (Å²) in [5, 5.41) is 8.36. The summed E-state index contributed by atoms with van der Waals surface area (Å²) in [5.41, 5.74) is 1.13. The molecule has 1 aliphatic rings. The standard InChI is InChI=1S/C22H21F3N6O2S/c23-22(24,25)33-17-4-3-14(18-2-1-7-34-18)8-15(17)12-31-19-16(29-21(31)32)11-28-20(30-19)27-10-13-5-6-26-9-13/h1-4,7-8,11,13,26H,5-6,9-10,12H2,(H,29,32)(H,27,28,30)/t13-/m1/s1. The van der Waals surface area contributed by atoms with Gasteiger partial charge in [0, 0.05) is 17.0 Å². The minimum absolute atomic E-state index is 0.160. The number of hydrogen-bond donors (Lipinski definition) is 3. The van der Waals surface area contributed by atoms with Crippen molar-refractivity contribution >= 4 is 28.4 Å². The van der Waals surface area contributed by atoms with Gasteiger partial charge in [0.1, 0.15) is 11.3 Å². The summed E-state index contributed by atoms with van der Waals surface area (Å²) in [7, 11) is 0. The molecule has 1 fully saturated rings. The van der Waals surface area contributed by atoms with Gasteiger partial charge in [0.25, 0.3) is 0 Å². The molecule has 1 atom stereocenters. The Morgan fingerprint density at radius 1 is 1.29 bits per heavy atom. The minimum atomic E-state index is -4.86. The van der Waals surface area contributed by atoms with Gasteiger partial charge in [-0.15, -0.1) is 24.5 Å². The molecule has 3 aromatic heterocycles. The average Bonchev–Trinajstić information content (AvgIpc) is 3.55. The molecule has 4 heterocycles. The minimum Gasteiger partial charge on any atom is -0.405 e. The van der Waals surface area contributed by atoms with E-state index in [2.05, 4.69) is 30.3 Å². The summed E-state index contributed by atoms with van der Waals surface area (Å²) >= 11 is 1.46. The number of nitrogens with one attached hydrogen (secondary N) is 3. The Morgan fingerprint density at radius 3 is 2.91 bits per heavy atom. The Labute approximate surface area is 195 Å². The molecule has 0 radical (unpaired) electrons. The van der Waals surface area contributed by atoms with Crippen LogP contribution in [0.3, 0.4) is 0 Å². The molecule has 1 aliphatic heterocycles. The molecular formula is C22H21F3N6O2S. The number of ether oxygens (including phenoxy) is 1. The van der Waals surface area contributed by atoms with Crippen molar-refractivity contribution in [1.29, 1.82) is 0 Å². The number of thiophene rings is 1. The molecule has 3 N–H and O–H groups in total. The summed E-state index contributed by atoms with van der Waals surface area (Å²) in [6.45, 7) is 2.40. The highest BCUT2D eigenvalue weighted by Gasteiger charge is 2.32. The molecule has 0 saturated carbocycles. The van der Waals surface area contributed by atoms with E-state index in [1.54, 1.807) is 12.1 Å². The van der Waals surface area contributed by atoms with E-state index in [9.17, 15) is 18.0 Å². The van der Waals surface area contributed by atoms with Crippen molar-refractivity contribution < 1.29 is 17.9 Å². The van der Waals surface area contributed by atoms with Gasteiger partial charge in [-0.3, -0.25) is 4.57 Å². The highest BCUT2D eigenvalue weighted by atomic mass is 32.1. The molecule has 12 heteroatoms. The highest BCUT2D eigenvalue weighted by Crippen LogP contribution is 2.33. The maximum absolute atomic E-state index is 13.0. The number of benzene rings is 1. The molecule has 0 unspecified atom stereocenters. The second-order valence-electron chi connectivity index (χ2n) is 8.03. The lowest BCUT2D eigenvalue weighted by Crippen LogP contribution is -2.21. The van der Waals surface area contributed by atoms with Crippen molar-refractivity contribution in [2.45, 2.75) is 19.3 Å². The van der Waals surface area contributed by atoms with E-state index in [0.717, 1.165) is 30.0 Å². The summed E-state index contributed by atoms with van der Waals surface area (Å²) in [6.07, 6.45) is -2.32. The number of aromatic amines is 1. The number of alkyl halides is 3. The van der Waals surface area contributed by atoms with E-state index < -0.39 is 12.1 Å². The van der Waals surface area contributed by atoms with E-state index in [4.69, 9.17) is 0 Å². The van der Waals surface area contributed by atoms with Crippen LogP contribution in [0.1, 0.15) is 12.0 Å². The SMILES string of the molecule is O=c1[nH]c2cnc(NC[C@@H]3CCNC3)nc2n1Cc1cc(-c2cccs2)ccc1OC(F)(F)F. The molecule has 34 heavy (non-hydrogen) atoms. The first-order valence-electron chi connectivity index (χ1n) is 10.7. The zero-order valence-electron chi connectivity index (χ0n) is 17.9. The summed E-state index contributed by atoms with van der Waals surface area (Å²) in [4.78, 5) is 24.9. The average molecular weight is 491 g/mol. The van der Waals surface area contributed by atoms with E-state index in [1.165, 1.54) is 28.2 Å². The lowest BCUT2D eigenvalue weighted by molar-refractivity contribution is -0.274. The molecule has 8 nitrogen and oxygen atoms in total. The normalized spacial score (nSPS) is 16.3. The van der Waals surface area contributed by atoms with E-state index in [0.29, 0.717) is 29.6 Å². The number of H-pyrrole nitrogens is 1. The first-order chi connectivity index (χ1) is 16.4. The van der Waals surface area contributed by atoms with Crippen LogP contribution in [0, 0.1) is 5.92 Å². The molecule has 4 aromatic rings. The van der Waals surface area contributed by atoms with Crippen LogP contribution in [0.15, 0.2) is 46.7 Å². The van der Waals surface area contributed by atoms with Gasteiger partial charge < -0.3 is 20.4 Å². The van der Waals surface area contributed by atoms with Crippen LogP contribution in [0.25, 0.3) is 21.6 Å². The highest BCUT2D eigenvalue weighted by molar-refractivity contribution is 7.13. The second-order valence-corrected chi connectivity index (χ2v) is 8.98. The lowest BCUT2D eigenvalue weighted by Gasteiger charge is -2.15. The predicted octanol–water partition coefficient (Wildman–Crippen LogP) is 3.82. The molecule has 178 valence electrons. The molecule has 1 aromatic carbocycles. The third kappa shape index (κ3) is 4.92. The Bertz CT molecular complexity index is 1340. The summed E-state index contributed by atoms with van der Waals surface area (Å²) in [6, 6.07) is 8.17. The van der Waals surface area contributed by atoms with Gasteiger partial charge in [0.2, 0.25) is 5.95 Å². The van der Waals surface area contributed by atoms with Crippen LogP contribution >= 0.6 is 11.3 Å². The third-order valence-electron chi connectivity index (χ3n) is 5.64. The number of anilines is 1. The predicted molar refractivity (Wildman–Crippen MR) is 123 cm³/mol. The fraction of sp³-hybridized carbons (Fsp3) is 0.318. The number of aromatic nitrogens is 4. The summed E-state index contributed by atoms with van der Waals surface area (Å²) < 4.78 is 44.7. The van der Waals surface area contributed by atoms with Gasteiger partial charge in [-0.2, -0.15) is 4.98 Å². The van der Waals surface area contributed by atoms with Gasteiger partial charge in [-0.25, -0.2) is 9.78 Å². The monoisotopic (exact) mass is 490 g/mol. The number of nitrogens with zero attached hydrogens (tertiary/aromatic N) is 3. The van der Waals surface area contributed by atoms with Crippen molar-refractivity contribution in [1.82, 2.24) is 24.8 Å². The van der Waals surface area contributed by atoms with Crippen molar-refractivity contribution in [3.8, 4) is 16.2 Å². The topological polar surface area (TPSA) is 96.9 Å². The van der Waals surface area contributed by atoms with Crippen LogP contribution < -0.4 is 21.1 Å². The van der Waals surface area contributed by atoms with Crippen LogP contribution in [0.2, 0.25) is 0 Å². The van der Waals surface area contributed by atoms with Gasteiger partial charge in [-0.05, 0) is 60.6 Å². The maximum atomic E-state index is 13.0. The van der Waals surface area contributed by atoms with Gasteiger partial charge in [0.15, 0.2) is 5.65 Å². The van der Waals surface area contributed by atoms with Crippen LogP contribution in [0.4, 0.5) is 19.1 Å². The second kappa shape index (κ2) is 9.11. The first-order valence-corrected chi connectivity index (χ1v) is 11.6. The van der Waals surface area contributed by atoms with Gasteiger partial charge >= 0.3 is 12.1 Å². The number of halogens is 3. The van der Waals surface area contributed by atoms with Gasteiger partial charge in [0.05, 0.1) is 12.7 Å². The van der Waals surface area contributed by atoms with Crippen LogP contribution in [-0.4, -0.2) is 45.5 Å². The van der Waals surface area contributed by atoms with Crippen molar-refractivity contribution in [3.05, 3.63) is 58.0 Å². The van der Waals surface area contributed by atoms with E-state index >= 15 is 0 Å². The maximum Gasteiger partial charge on any atom is 0.573 e. The van der Waals surface area contributed by atoms with Crippen molar-refractivity contribution in [3.63, 3.8) is 0 Å². The zero-order chi connectivity index (χ0) is 23.7. The number of imidazole rings is 1. The third-order valence-corrected chi connectivity index (χ3v) is 6.56. The van der Waals surface area contributed by atoms with E-state index in [1.807, 2.05) is 17.5 Å². The Morgan fingerprint density at radius 2 is 2.18 bits per heavy atom. The molecule has 5 rings (SSSR count). The smallest absolute Gasteiger partial charge is 0.405 e. The van der Waals surface area contributed by atoms with Crippen LogP contribution in [-0.2, 0) is 6.54 Å². The number of hydrogen-bond acceptors (Lipinski definition) is 7. The van der Waals surface area contributed by atoms with Crippen molar-refractivity contribution in [2.75, 3.05) is 25.0 Å². The molecular weight excluding hydrogens is 469 g/mol. The molecule has 1 saturated heterocycles.